The smallest absolute Gasteiger partial charge is 0.124 e. The van der Waals surface area contributed by atoms with E-state index in [4.69, 9.17) is 10.5 Å². The van der Waals surface area contributed by atoms with Gasteiger partial charge in [-0.1, -0.05) is 22.9 Å². The van der Waals surface area contributed by atoms with Crippen LogP contribution >= 0.6 is 15.9 Å². The highest BCUT2D eigenvalue weighted by Crippen LogP contribution is 2.44. The molecule has 1 aromatic rings. The maximum Gasteiger partial charge on any atom is 0.124 e. The highest BCUT2D eigenvalue weighted by molar-refractivity contribution is 9.10. The Morgan fingerprint density at radius 2 is 2.25 bits per heavy atom. The van der Waals surface area contributed by atoms with Crippen LogP contribution in [0.25, 0.3) is 0 Å². The first-order valence-electron chi connectivity index (χ1n) is 7.58. The quantitative estimate of drug-likeness (QED) is 0.851. The van der Waals surface area contributed by atoms with Crippen molar-refractivity contribution in [2.24, 2.45) is 5.73 Å². The molecule has 3 rings (SSSR count). The van der Waals surface area contributed by atoms with Crippen LogP contribution in [-0.4, -0.2) is 30.1 Å². The van der Waals surface area contributed by atoms with Gasteiger partial charge >= 0.3 is 0 Å². The minimum atomic E-state index is -0.0514. The lowest BCUT2D eigenvalue weighted by atomic mass is 9.82. The molecule has 2 heterocycles. The third kappa shape index (κ3) is 2.74. The standard InChI is InChI=1S/C16H23BrN2O/c1-2-19-8-3-6-16(7-9-19)11-14(18)13-10-12(17)4-5-15(13)20-16/h4-5,10,14H,2-3,6-9,11,18H2,1H3/t14-,16?/m1/s1. The highest BCUT2D eigenvalue weighted by atomic mass is 79.9. The normalized spacial score (nSPS) is 30.6. The summed E-state index contributed by atoms with van der Waals surface area (Å²) in [7, 11) is 0. The van der Waals surface area contributed by atoms with Crippen LogP contribution in [0.15, 0.2) is 22.7 Å². The van der Waals surface area contributed by atoms with Crippen molar-refractivity contribution in [2.75, 3.05) is 19.6 Å². The predicted octanol–water partition coefficient (Wildman–Crippen LogP) is 3.48. The Kier molecular flexibility index (Phi) is 4.07. The number of benzene rings is 1. The summed E-state index contributed by atoms with van der Waals surface area (Å²) < 4.78 is 7.50. The average Bonchev–Trinajstić information content (AvgIpc) is 2.62. The zero-order valence-electron chi connectivity index (χ0n) is 12.1. The van der Waals surface area contributed by atoms with Crippen molar-refractivity contribution in [1.29, 1.82) is 0 Å². The highest BCUT2D eigenvalue weighted by Gasteiger charge is 2.40. The molecular weight excluding hydrogens is 316 g/mol. The molecule has 0 saturated carbocycles. The van der Waals surface area contributed by atoms with Crippen molar-refractivity contribution >= 4 is 15.9 Å². The second-order valence-corrected chi connectivity index (χ2v) is 6.98. The summed E-state index contributed by atoms with van der Waals surface area (Å²) in [5.74, 6) is 0.983. The molecule has 2 aliphatic heterocycles. The summed E-state index contributed by atoms with van der Waals surface area (Å²) in [6.07, 6.45) is 4.34. The van der Waals surface area contributed by atoms with Crippen molar-refractivity contribution in [3.63, 3.8) is 0 Å². The lowest BCUT2D eigenvalue weighted by molar-refractivity contribution is 0.0219. The molecule has 0 amide bonds. The summed E-state index contributed by atoms with van der Waals surface area (Å²) in [4.78, 5) is 2.51. The zero-order valence-corrected chi connectivity index (χ0v) is 13.7. The first kappa shape index (κ1) is 14.4. The minimum absolute atomic E-state index is 0.0514. The van der Waals surface area contributed by atoms with Gasteiger partial charge in [-0.05, 0) is 50.6 Å². The van der Waals surface area contributed by atoms with Crippen LogP contribution in [0.5, 0.6) is 5.75 Å². The Morgan fingerprint density at radius 1 is 1.40 bits per heavy atom. The van der Waals surface area contributed by atoms with Gasteiger partial charge in [-0.15, -0.1) is 0 Å². The lowest BCUT2D eigenvalue weighted by Crippen LogP contribution is -2.43. The number of hydrogen-bond acceptors (Lipinski definition) is 3. The molecule has 2 atom stereocenters. The van der Waals surface area contributed by atoms with Gasteiger partial charge in [0.05, 0.1) is 0 Å². The molecule has 1 unspecified atom stereocenters. The maximum absolute atomic E-state index is 6.43. The zero-order chi connectivity index (χ0) is 14.2. The van der Waals surface area contributed by atoms with Gasteiger partial charge in [-0.3, -0.25) is 0 Å². The van der Waals surface area contributed by atoms with Crippen LogP contribution in [0.4, 0.5) is 0 Å². The largest absolute Gasteiger partial charge is 0.487 e. The third-order valence-corrected chi connectivity index (χ3v) is 5.22. The van der Waals surface area contributed by atoms with E-state index in [9.17, 15) is 0 Å². The molecule has 0 bridgehead atoms. The van der Waals surface area contributed by atoms with E-state index in [-0.39, 0.29) is 11.6 Å². The topological polar surface area (TPSA) is 38.5 Å². The van der Waals surface area contributed by atoms with E-state index in [1.807, 2.05) is 6.07 Å². The van der Waals surface area contributed by atoms with Crippen LogP contribution in [0, 0.1) is 0 Å². The number of fused-ring (bicyclic) bond motifs is 1. The molecule has 1 saturated heterocycles. The van der Waals surface area contributed by atoms with E-state index < -0.39 is 0 Å². The van der Waals surface area contributed by atoms with E-state index in [1.54, 1.807) is 0 Å². The first-order chi connectivity index (χ1) is 9.62. The van der Waals surface area contributed by atoms with E-state index in [1.165, 1.54) is 13.0 Å². The molecule has 0 aliphatic carbocycles. The SMILES string of the molecule is CCN1CCCC2(CC1)C[C@@H](N)c1cc(Br)ccc1O2. The van der Waals surface area contributed by atoms with E-state index in [2.05, 4.69) is 39.9 Å². The molecule has 4 heteroatoms. The summed E-state index contributed by atoms with van der Waals surface area (Å²) in [6, 6.07) is 6.29. The lowest BCUT2D eigenvalue weighted by Gasteiger charge is -2.41. The molecule has 1 aromatic carbocycles. The number of rotatable bonds is 1. The van der Waals surface area contributed by atoms with Gasteiger partial charge in [0, 0.05) is 29.0 Å². The van der Waals surface area contributed by atoms with E-state index in [0.717, 1.165) is 48.1 Å². The van der Waals surface area contributed by atoms with Crippen LogP contribution in [0.3, 0.4) is 0 Å². The average molecular weight is 339 g/mol. The fraction of sp³-hybridized carbons (Fsp3) is 0.625. The second-order valence-electron chi connectivity index (χ2n) is 6.07. The first-order valence-corrected chi connectivity index (χ1v) is 8.37. The predicted molar refractivity (Wildman–Crippen MR) is 85.0 cm³/mol. The fourth-order valence-corrected chi connectivity index (χ4v) is 3.91. The number of ether oxygens (including phenoxy) is 1. The van der Waals surface area contributed by atoms with Crippen molar-refractivity contribution in [3.05, 3.63) is 28.2 Å². The molecule has 0 radical (unpaired) electrons. The summed E-state index contributed by atoms with van der Waals surface area (Å²) in [6.45, 7) is 5.67. The molecule has 0 aromatic heterocycles. The van der Waals surface area contributed by atoms with Gasteiger partial charge in [0.15, 0.2) is 0 Å². The van der Waals surface area contributed by atoms with Gasteiger partial charge in [0.1, 0.15) is 11.4 Å². The van der Waals surface area contributed by atoms with Gasteiger partial charge < -0.3 is 15.4 Å². The number of nitrogens with two attached hydrogens (primary N) is 1. The Balaban J connectivity index is 1.85. The number of nitrogens with zero attached hydrogens (tertiary/aromatic N) is 1. The fourth-order valence-electron chi connectivity index (χ4n) is 3.53. The summed E-state index contributed by atoms with van der Waals surface area (Å²) >= 11 is 3.52. The van der Waals surface area contributed by atoms with Crippen molar-refractivity contribution < 1.29 is 4.74 Å². The van der Waals surface area contributed by atoms with Crippen molar-refractivity contribution in [2.45, 2.75) is 44.2 Å². The van der Waals surface area contributed by atoms with Gasteiger partial charge in [0.25, 0.3) is 0 Å². The number of hydrogen-bond donors (Lipinski definition) is 1. The maximum atomic E-state index is 6.43. The summed E-state index contributed by atoms with van der Waals surface area (Å²) in [5.41, 5.74) is 7.51. The number of likely N-dealkylation sites (tertiary alicyclic amines) is 1. The van der Waals surface area contributed by atoms with E-state index >= 15 is 0 Å². The molecule has 3 nitrogen and oxygen atoms in total. The Hall–Kier alpha value is -0.580. The number of halogens is 1. The van der Waals surface area contributed by atoms with Crippen molar-refractivity contribution in [3.8, 4) is 5.75 Å². The van der Waals surface area contributed by atoms with Gasteiger partial charge in [-0.2, -0.15) is 0 Å². The molecular formula is C16H23BrN2O. The van der Waals surface area contributed by atoms with E-state index in [0.29, 0.717) is 0 Å². The molecule has 1 spiro atoms. The van der Waals surface area contributed by atoms with Crippen LogP contribution in [-0.2, 0) is 0 Å². The Morgan fingerprint density at radius 3 is 3.05 bits per heavy atom. The second kappa shape index (κ2) is 5.66. The molecule has 2 aliphatic rings. The van der Waals surface area contributed by atoms with Crippen LogP contribution < -0.4 is 10.5 Å². The molecule has 20 heavy (non-hydrogen) atoms. The Bertz CT molecular complexity index is 493. The summed E-state index contributed by atoms with van der Waals surface area (Å²) in [5, 5.41) is 0. The van der Waals surface area contributed by atoms with Gasteiger partial charge in [0.2, 0.25) is 0 Å². The van der Waals surface area contributed by atoms with Crippen LogP contribution in [0.2, 0.25) is 0 Å². The van der Waals surface area contributed by atoms with Crippen LogP contribution in [0.1, 0.15) is 44.2 Å². The minimum Gasteiger partial charge on any atom is -0.487 e. The third-order valence-electron chi connectivity index (χ3n) is 4.73. The molecule has 2 N–H and O–H groups in total. The monoisotopic (exact) mass is 338 g/mol. The molecule has 1 fully saturated rings. The van der Waals surface area contributed by atoms with Crippen molar-refractivity contribution in [1.82, 2.24) is 4.90 Å². The van der Waals surface area contributed by atoms with Gasteiger partial charge in [-0.25, -0.2) is 0 Å². The Labute approximate surface area is 129 Å². The molecule has 110 valence electrons.